The van der Waals surface area contributed by atoms with E-state index in [0.717, 1.165) is 18.2 Å². The fraction of sp³-hybridized carbons (Fsp3) is 0.0909. The van der Waals surface area contributed by atoms with Gasteiger partial charge in [0.25, 0.3) is 0 Å². The number of nitrogens with zero attached hydrogens (tertiary/aromatic N) is 1. The van der Waals surface area contributed by atoms with Crippen molar-refractivity contribution in [2.45, 2.75) is 6.61 Å². The number of halogens is 2. The molecule has 0 heterocycles. The van der Waals surface area contributed by atoms with E-state index < -0.39 is 34.5 Å². The van der Waals surface area contributed by atoms with Crippen LogP contribution in [0.25, 0.3) is 6.08 Å². The lowest BCUT2D eigenvalue weighted by Crippen LogP contribution is -2.07. The van der Waals surface area contributed by atoms with Gasteiger partial charge in [-0.05, 0) is 17.7 Å². The van der Waals surface area contributed by atoms with Crippen LogP contribution in [0.5, 0.6) is 5.75 Å². The molecule has 1 aromatic rings. The van der Waals surface area contributed by atoms with E-state index in [2.05, 4.69) is 4.74 Å². The summed E-state index contributed by atoms with van der Waals surface area (Å²) in [6.07, 6.45) is 1.66. The highest BCUT2D eigenvalue weighted by atomic mass is 19.3. The van der Waals surface area contributed by atoms with Crippen molar-refractivity contribution in [3.05, 3.63) is 39.4 Å². The van der Waals surface area contributed by atoms with Crippen LogP contribution in [-0.4, -0.2) is 28.9 Å². The Labute approximate surface area is 110 Å². The maximum absolute atomic E-state index is 12.1. The summed E-state index contributed by atoms with van der Waals surface area (Å²) in [6, 6.07) is 1.92. The number of nitro groups is 1. The molecule has 0 bridgehead atoms. The number of ether oxygens (including phenoxy) is 1. The lowest BCUT2D eigenvalue weighted by molar-refractivity contribution is -0.386. The molecule has 0 atom stereocenters. The summed E-state index contributed by atoms with van der Waals surface area (Å²) < 4.78 is 28.2. The Hall–Kier alpha value is -2.84. The van der Waals surface area contributed by atoms with E-state index in [4.69, 9.17) is 5.11 Å². The Morgan fingerprint density at radius 1 is 1.45 bits per heavy atom. The third kappa shape index (κ3) is 3.57. The number of aliphatic carboxylic acids is 1. The number of nitro benzene ring substituents is 1. The Morgan fingerprint density at radius 2 is 2.10 bits per heavy atom. The minimum atomic E-state index is -3.30. The first-order chi connectivity index (χ1) is 9.36. The molecule has 0 radical (unpaired) electrons. The number of hydrogen-bond donors (Lipinski definition) is 1. The van der Waals surface area contributed by atoms with Crippen molar-refractivity contribution in [2.75, 3.05) is 0 Å². The van der Waals surface area contributed by atoms with Crippen LogP contribution in [0, 0.1) is 10.1 Å². The smallest absolute Gasteiger partial charge is 0.387 e. The standard InChI is InChI=1S/C11H7F2NO6/c12-11(13)20-8-3-1-6(2-4-9(16)17)7(5-15)10(8)14(18)19/h1-5,11H,(H,16,17)/b4-2+. The van der Waals surface area contributed by atoms with Gasteiger partial charge >= 0.3 is 18.3 Å². The number of rotatable bonds is 6. The quantitative estimate of drug-likeness (QED) is 0.371. The first-order valence-corrected chi connectivity index (χ1v) is 4.99. The molecule has 9 heteroatoms. The largest absolute Gasteiger partial charge is 0.478 e. The second-order valence-electron chi connectivity index (χ2n) is 3.34. The highest BCUT2D eigenvalue weighted by Crippen LogP contribution is 2.33. The molecule has 1 N–H and O–H groups in total. The predicted octanol–water partition coefficient (Wildman–Crippen LogP) is 2.11. The fourth-order valence-electron chi connectivity index (χ4n) is 1.41. The molecular weight excluding hydrogens is 280 g/mol. The molecule has 1 aromatic carbocycles. The van der Waals surface area contributed by atoms with Crippen LogP contribution in [0.3, 0.4) is 0 Å². The van der Waals surface area contributed by atoms with Crippen molar-refractivity contribution in [3.63, 3.8) is 0 Å². The molecule has 0 unspecified atom stereocenters. The number of carbonyl (C=O) groups is 2. The lowest BCUT2D eigenvalue weighted by atomic mass is 10.1. The van der Waals surface area contributed by atoms with E-state index in [9.17, 15) is 28.5 Å². The van der Waals surface area contributed by atoms with Gasteiger partial charge in [-0.25, -0.2) is 4.79 Å². The Bertz CT molecular complexity index is 585. The zero-order valence-corrected chi connectivity index (χ0v) is 9.66. The average molecular weight is 287 g/mol. The van der Waals surface area contributed by atoms with Crippen molar-refractivity contribution in [1.29, 1.82) is 0 Å². The van der Waals surface area contributed by atoms with Gasteiger partial charge in [0.05, 0.1) is 4.92 Å². The Kier molecular flexibility index (Phi) is 4.84. The number of carboxylic acids is 1. The number of alkyl halides is 2. The number of carbonyl (C=O) groups excluding carboxylic acids is 1. The molecule has 0 spiro atoms. The zero-order valence-electron chi connectivity index (χ0n) is 9.66. The Balaban J connectivity index is 3.45. The van der Waals surface area contributed by atoms with Crippen LogP contribution in [0.2, 0.25) is 0 Å². The maximum atomic E-state index is 12.1. The van der Waals surface area contributed by atoms with Crippen molar-refractivity contribution in [2.24, 2.45) is 0 Å². The van der Waals surface area contributed by atoms with E-state index in [-0.39, 0.29) is 11.8 Å². The van der Waals surface area contributed by atoms with Crippen LogP contribution >= 0.6 is 0 Å². The highest BCUT2D eigenvalue weighted by Gasteiger charge is 2.25. The van der Waals surface area contributed by atoms with Crippen LogP contribution in [0.4, 0.5) is 14.5 Å². The summed E-state index contributed by atoms with van der Waals surface area (Å²) in [5.41, 5.74) is -1.60. The van der Waals surface area contributed by atoms with Crippen molar-refractivity contribution >= 4 is 24.0 Å². The third-order valence-corrected chi connectivity index (χ3v) is 2.14. The van der Waals surface area contributed by atoms with Crippen LogP contribution in [0.15, 0.2) is 18.2 Å². The molecule has 20 heavy (non-hydrogen) atoms. The summed E-state index contributed by atoms with van der Waals surface area (Å²) in [6.45, 7) is -3.30. The summed E-state index contributed by atoms with van der Waals surface area (Å²) in [7, 11) is 0. The number of hydrogen-bond acceptors (Lipinski definition) is 5. The van der Waals surface area contributed by atoms with Gasteiger partial charge < -0.3 is 9.84 Å². The van der Waals surface area contributed by atoms with Crippen molar-refractivity contribution < 1.29 is 33.1 Å². The monoisotopic (exact) mass is 287 g/mol. The molecule has 0 saturated carbocycles. The van der Waals surface area contributed by atoms with Gasteiger partial charge in [0.1, 0.15) is 5.56 Å². The molecule has 0 aliphatic rings. The number of aldehydes is 1. The van der Waals surface area contributed by atoms with Gasteiger partial charge in [-0.3, -0.25) is 14.9 Å². The summed E-state index contributed by atoms with van der Waals surface area (Å²) >= 11 is 0. The molecule has 0 aromatic heterocycles. The first kappa shape index (κ1) is 15.2. The van der Waals surface area contributed by atoms with Gasteiger partial charge in [-0.2, -0.15) is 8.78 Å². The average Bonchev–Trinajstić information content (AvgIpc) is 2.35. The predicted molar refractivity (Wildman–Crippen MR) is 61.8 cm³/mol. The molecule has 0 aliphatic heterocycles. The third-order valence-electron chi connectivity index (χ3n) is 2.14. The topological polar surface area (TPSA) is 107 Å². The van der Waals surface area contributed by atoms with Gasteiger partial charge in [0.15, 0.2) is 6.29 Å². The molecule has 0 aliphatic carbocycles. The fourth-order valence-corrected chi connectivity index (χ4v) is 1.41. The SMILES string of the molecule is O=Cc1c(/C=C/C(=O)O)ccc(OC(F)F)c1[N+](=O)[O-]. The van der Waals surface area contributed by atoms with Gasteiger partial charge in [0, 0.05) is 6.08 Å². The zero-order chi connectivity index (χ0) is 15.3. The molecule has 0 fully saturated rings. The second kappa shape index (κ2) is 6.36. The molecular formula is C11H7F2NO6. The van der Waals surface area contributed by atoms with E-state index in [1.54, 1.807) is 0 Å². The van der Waals surface area contributed by atoms with Crippen LogP contribution < -0.4 is 4.74 Å². The van der Waals surface area contributed by atoms with E-state index in [1.807, 2.05) is 0 Å². The van der Waals surface area contributed by atoms with Crippen molar-refractivity contribution in [1.82, 2.24) is 0 Å². The number of benzene rings is 1. The molecule has 7 nitrogen and oxygen atoms in total. The summed E-state index contributed by atoms with van der Waals surface area (Å²) in [4.78, 5) is 31.1. The van der Waals surface area contributed by atoms with E-state index in [0.29, 0.717) is 6.08 Å². The van der Waals surface area contributed by atoms with E-state index in [1.165, 1.54) is 0 Å². The van der Waals surface area contributed by atoms with Crippen LogP contribution in [-0.2, 0) is 4.79 Å². The van der Waals surface area contributed by atoms with E-state index >= 15 is 0 Å². The van der Waals surface area contributed by atoms with Gasteiger partial charge in [-0.15, -0.1) is 0 Å². The maximum Gasteiger partial charge on any atom is 0.387 e. The van der Waals surface area contributed by atoms with Crippen LogP contribution in [0.1, 0.15) is 15.9 Å². The summed E-state index contributed by atoms with van der Waals surface area (Å²) in [5.74, 6) is -2.11. The molecule has 0 amide bonds. The molecule has 106 valence electrons. The van der Waals surface area contributed by atoms with Gasteiger partial charge in [-0.1, -0.05) is 6.07 Å². The normalized spacial score (nSPS) is 10.8. The first-order valence-electron chi connectivity index (χ1n) is 4.99. The highest BCUT2D eigenvalue weighted by molar-refractivity contribution is 5.93. The Morgan fingerprint density at radius 3 is 2.55 bits per heavy atom. The minimum Gasteiger partial charge on any atom is -0.478 e. The molecule has 0 saturated heterocycles. The molecule has 1 rings (SSSR count). The second-order valence-corrected chi connectivity index (χ2v) is 3.34. The van der Waals surface area contributed by atoms with Gasteiger partial charge in [0.2, 0.25) is 5.75 Å². The summed E-state index contributed by atoms with van der Waals surface area (Å²) in [5, 5.41) is 19.3. The lowest BCUT2D eigenvalue weighted by Gasteiger charge is -2.08. The van der Waals surface area contributed by atoms with Crippen molar-refractivity contribution in [3.8, 4) is 5.75 Å². The number of carboxylic acid groups (broad SMARTS) is 1. The minimum absolute atomic E-state index is 0.0674.